The zero-order chi connectivity index (χ0) is 21.7. The zero-order valence-corrected chi connectivity index (χ0v) is 18.5. The summed E-state index contributed by atoms with van der Waals surface area (Å²) in [5, 5.41) is 8.54. The summed E-state index contributed by atoms with van der Waals surface area (Å²) in [5.41, 5.74) is -0.107. The zero-order valence-electron chi connectivity index (χ0n) is 16.7. The van der Waals surface area contributed by atoms with Crippen molar-refractivity contribution in [2.24, 2.45) is 4.99 Å². The smallest absolute Gasteiger partial charge is 0.366 e. The monoisotopic (exact) mass is 443 g/mol. The molecule has 0 radical (unpaired) electrons. The molecule has 4 nitrogen and oxygen atoms in total. The van der Waals surface area contributed by atoms with Crippen LogP contribution in [0.15, 0.2) is 58.4 Å². The molecule has 0 amide bonds. The quantitative estimate of drug-likeness (QED) is 0.259. The first-order valence-electron chi connectivity index (χ1n) is 9.00. The fourth-order valence-corrected chi connectivity index (χ4v) is 4.11. The van der Waals surface area contributed by atoms with E-state index in [4.69, 9.17) is 0 Å². The Morgan fingerprint density at radius 1 is 1.24 bits per heavy atom. The highest BCUT2D eigenvalue weighted by atomic mass is 32.1. The lowest BCUT2D eigenvalue weighted by Crippen LogP contribution is -2.41. The van der Waals surface area contributed by atoms with Crippen LogP contribution in [0, 0.1) is 0 Å². The van der Waals surface area contributed by atoms with Crippen LogP contribution < -0.4 is 15.9 Å². The molecule has 0 saturated carbocycles. The normalized spacial score (nSPS) is 14.6. The van der Waals surface area contributed by atoms with Crippen LogP contribution in [0.5, 0.6) is 0 Å². The van der Waals surface area contributed by atoms with Crippen LogP contribution in [-0.4, -0.2) is 31.5 Å². The van der Waals surface area contributed by atoms with E-state index in [1.165, 1.54) is 18.3 Å². The van der Waals surface area contributed by atoms with Crippen molar-refractivity contribution in [1.29, 1.82) is 0 Å². The van der Waals surface area contributed by atoms with E-state index in [0.29, 0.717) is 5.69 Å². The van der Waals surface area contributed by atoms with Gasteiger partial charge < -0.3 is 15.2 Å². The van der Waals surface area contributed by atoms with Gasteiger partial charge in [-0.1, -0.05) is 12.1 Å². The number of nitrogens with zero attached hydrogens (tertiary/aromatic N) is 1. The van der Waals surface area contributed by atoms with Crippen LogP contribution in [0.4, 0.5) is 18.9 Å². The Morgan fingerprint density at radius 2 is 1.90 bits per heavy atom. The molecule has 0 aliphatic rings. The summed E-state index contributed by atoms with van der Waals surface area (Å²) in [6.07, 6.45) is -4.02. The summed E-state index contributed by atoms with van der Waals surface area (Å²) < 4.78 is 52.4. The number of hydrogen-bond acceptors (Lipinski definition) is 4. The lowest BCUT2D eigenvalue weighted by molar-refractivity contribution is -0.0865. The second-order valence-electron chi connectivity index (χ2n) is 6.85. The van der Waals surface area contributed by atoms with E-state index in [-0.39, 0.29) is 12.4 Å². The fraction of sp³-hybridized carbons (Fsp3) is 0.350. The molecule has 0 spiro atoms. The molecule has 2 aromatic rings. The predicted octanol–water partition coefficient (Wildman–Crippen LogP) is 5.45. The van der Waals surface area contributed by atoms with Crippen LogP contribution in [0.25, 0.3) is 0 Å². The van der Waals surface area contributed by atoms with Gasteiger partial charge in [0.2, 0.25) is 0 Å². The largest absolute Gasteiger partial charge is 0.419 e. The molecule has 2 N–H and O–H groups in total. The third-order valence-electron chi connectivity index (χ3n) is 4.05. The van der Waals surface area contributed by atoms with Gasteiger partial charge in [-0.15, -0.1) is 11.3 Å². The molecule has 1 unspecified atom stereocenters. The molecule has 1 aromatic carbocycles. The molecular formula is C20H25F3N3OPS. The van der Waals surface area contributed by atoms with Crippen molar-refractivity contribution in [3.05, 3.63) is 58.3 Å². The topological polar surface area (TPSA) is 53.5 Å². The number of rotatable bonds is 7. The molecule has 0 bridgehead atoms. The van der Waals surface area contributed by atoms with Crippen molar-refractivity contribution >= 4 is 35.3 Å². The van der Waals surface area contributed by atoms with Crippen molar-refractivity contribution < 1.29 is 17.7 Å². The van der Waals surface area contributed by atoms with Crippen LogP contribution in [0.2, 0.25) is 0 Å². The van der Waals surface area contributed by atoms with E-state index >= 15 is 0 Å². The number of anilines is 1. The number of alkyl halides is 3. The van der Waals surface area contributed by atoms with Crippen LogP contribution >= 0.6 is 18.5 Å². The fourth-order valence-electron chi connectivity index (χ4n) is 2.61. The molecule has 1 atom stereocenters. The molecule has 158 valence electrons. The number of aliphatic imine (C=N–C) groups is 1. The maximum absolute atomic E-state index is 13.4. The molecule has 9 heteroatoms. The van der Waals surface area contributed by atoms with Crippen molar-refractivity contribution in [3.63, 3.8) is 0 Å². The standard InChI is InChI=1S/C20H25F3N3OPS/c1-5-18(20(21,22)23)19(24-13-17-7-6-12-29-17)26-14(2)25-15-8-10-16(11-9-15)28(3,4)27/h5-12,14,25H,13H2,1-4H3,(H,24,26)/b18-5+. The molecule has 1 aromatic heterocycles. The van der Waals surface area contributed by atoms with Crippen molar-refractivity contribution in [3.8, 4) is 0 Å². The predicted molar refractivity (Wildman–Crippen MR) is 117 cm³/mol. The summed E-state index contributed by atoms with van der Waals surface area (Å²) >= 11 is 1.44. The summed E-state index contributed by atoms with van der Waals surface area (Å²) in [4.78, 5) is 5.06. The molecule has 0 aliphatic heterocycles. The third kappa shape index (κ3) is 7.05. The highest BCUT2D eigenvalue weighted by molar-refractivity contribution is 7.70. The van der Waals surface area contributed by atoms with Gasteiger partial charge in [-0.25, -0.2) is 0 Å². The second kappa shape index (κ2) is 9.63. The number of amidine groups is 1. The van der Waals surface area contributed by atoms with Gasteiger partial charge in [-0.05, 0) is 62.9 Å². The molecule has 1 heterocycles. The first kappa shape index (κ1) is 23.2. The Kier molecular flexibility index (Phi) is 7.72. The Morgan fingerprint density at radius 3 is 2.38 bits per heavy atom. The maximum atomic E-state index is 13.4. The lowest BCUT2D eigenvalue weighted by atomic mass is 10.2. The summed E-state index contributed by atoms with van der Waals surface area (Å²) in [7, 11) is -2.36. The minimum absolute atomic E-state index is 0.164. The number of allylic oxidation sites excluding steroid dienone is 1. The van der Waals surface area contributed by atoms with Crippen LogP contribution in [0.1, 0.15) is 18.7 Å². The second-order valence-corrected chi connectivity index (χ2v) is 11.1. The van der Waals surface area contributed by atoms with E-state index in [0.717, 1.165) is 16.3 Å². The van der Waals surface area contributed by atoms with Crippen molar-refractivity contribution in [2.45, 2.75) is 32.7 Å². The molecule has 0 fully saturated rings. The van der Waals surface area contributed by atoms with Gasteiger partial charge in [0, 0.05) is 15.9 Å². The first-order chi connectivity index (χ1) is 13.5. The summed E-state index contributed by atoms with van der Waals surface area (Å²) in [5.74, 6) is -0.211. The van der Waals surface area contributed by atoms with Gasteiger partial charge in [-0.2, -0.15) is 13.2 Å². The minimum atomic E-state index is -4.51. The van der Waals surface area contributed by atoms with E-state index in [9.17, 15) is 17.7 Å². The highest BCUT2D eigenvalue weighted by Gasteiger charge is 2.36. The SMILES string of the molecule is C/C=C(\C(=NCc1cccs1)NC(C)Nc1ccc(P(C)(C)=O)cc1)C(F)(F)F. The first-order valence-corrected chi connectivity index (χ1v) is 12.5. The van der Waals surface area contributed by atoms with Crippen LogP contribution in [0.3, 0.4) is 0 Å². The molecule has 0 saturated heterocycles. The third-order valence-corrected chi connectivity index (χ3v) is 6.45. The lowest BCUT2D eigenvalue weighted by Gasteiger charge is -2.22. The number of thiophene rings is 1. The van der Waals surface area contributed by atoms with Gasteiger partial charge in [0.05, 0.1) is 18.3 Å². The van der Waals surface area contributed by atoms with E-state index in [2.05, 4.69) is 15.6 Å². The van der Waals surface area contributed by atoms with Gasteiger partial charge in [0.15, 0.2) is 0 Å². The molecular weight excluding hydrogens is 418 g/mol. The van der Waals surface area contributed by atoms with E-state index < -0.39 is 25.1 Å². The van der Waals surface area contributed by atoms with Crippen LogP contribution in [-0.2, 0) is 11.1 Å². The van der Waals surface area contributed by atoms with E-state index in [1.807, 2.05) is 17.5 Å². The Hall–Kier alpha value is -2.05. The van der Waals surface area contributed by atoms with Gasteiger partial charge in [-0.3, -0.25) is 4.99 Å². The minimum Gasteiger partial charge on any atom is -0.366 e. The van der Waals surface area contributed by atoms with Gasteiger partial charge in [0.25, 0.3) is 0 Å². The number of nitrogens with one attached hydrogen (secondary N) is 2. The Balaban J connectivity index is 2.16. The number of benzene rings is 1. The van der Waals surface area contributed by atoms with Gasteiger partial charge in [0.1, 0.15) is 13.0 Å². The van der Waals surface area contributed by atoms with Gasteiger partial charge >= 0.3 is 6.18 Å². The Labute approximate surface area is 173 Å². The average molecular weight is 443 g/mol. The molecule has 2 rings (SSSR count). The molecule has 29 heavy (non-hydrogen) atoms. The van der Waals surface area contributed by atoms with Crippen molar-refractivity contribution in [1.82, 2.24) is 5.32 Å². The summed E-state index contributed by atoms with van der Waals surface area (Å²) in [6.45, 7) is 6.59. The highest BCUT2D eigenvalue weighted by Crippen LogP contribution is 2.34. The van der Waals surface area contributed by atoms with E-state index in [1.54, 1.807) is 44.5 Å². The number of hydrogen-bond donors (Lipinski definition) is 2. The Bertz CT molecular complexity index is 900. The summed E-state index contributed by atoms with van der Waals surface area (Å²) in [6, 6.07) is 10.7. The maximum Gasteiger partial charge on any atom is 0.419 e. The average Bonchev–Trinajstić information content (AvgIpc) is 3.12. The molecule has 0 aliphatic carbocycles. The number of halogens is 3. The van der Waals surface area contributed by atoms with Crippen molar-refractivity contribution in [2.75, 3.05) is 18.6 Å².